The van der Waals surface area contributed by atoms with Gasteiger partial charge in [-0.05, 0) is 12.1 Å². The zero-order chi connectivity index (χ0) is 15.1. The minimum Gasteiger partial charge on any atom is -0.497 e. The highest BCUT2D eigenvalue weighted by atomic mass is 19.1. The molecule has 1 aromatic rings. The fourth-order valence-electron chi connectivity index (χ4n) is 1.19. The van der Waals surface area contributed by atoms with Gasteiger partial charge in [-0.1, -0.05) is 0 Å². The van der Waals surface area contributed by atoms with E-state index in [9.17, 15) is 18.8 Å². The minimum absolute atomic E-state index is 0.252. The summed E-state index contributed by atoms with van der Waals surface area (Å²) >= 11 is 0. The minimum atomic E-state index is -0.997. The number of benzene rings is 1. The summed E-state index contributed by atoms with van der Waals surface area (Å²) in [5.41, 5.74) is 3.69. The van der Waals surface area contributed by atoms with E-state index in [0.29, 0.717) is 0 Å². The monoisotopic (exact) mass is 284 g/mol. The number of esters is 1. The van der Waals surface area contributed by atoms with E-state index in [2.05, 4.69) is 4.74 Å². The highest BCUT2D eigenvalue weighted by molar-refractivity contribution is 5.92. The number of methoxy groups -OCH3 is 1. The molecule has 0 aliphatic carbocycles. The number of halogens is 1. The highest BCUT2D eigenvalue weighted by Crippen LogP contribution is 2.16. The molecule has 20 heavy (non-hydrogen) atoms. The zero-order valence-electron chi connectivity index (χ0n) is 10.9. The summed E-state index contributed by atoms with van der Waals surface area (Å²) in [6.07, 6.45) is 0. The molecule has 0 unspecified atom stereocenters. The van der Waals surface area contributed by atoms with Crippen LogP contribution in [0.25, 0.3) is 0 Å². The molecule has 0 atom stereocenters. The van der Waals surface area contributed by atoms with Crippen LogP contribution in [-0.2, 0) is 14.3 Å². The van der Waals surface area contributed by atoms with Gasteiger partial charge in [-0.3, -0.25) is 20.4 Å². The van der Waals surface area contributed by atoms with Gasteiger partial charge < -0.3 is 9.47 Å². The Labute approximate surface area is 114 Å². The predicted octanol–water partition coefficient (Wildman–Crippen LogP) is 0.158. The number of hydrogen-bond acceptors (Lipinski definition) is 5. The van der Waals surface area contributed by atoms with Crippen LogP contribution in [0.15, 0.2) is 18.2 Å². The Balaban J connectivity index is 2.55. The van der Waals surface area contributed by atoms with Gasteiger partial charge in [0.05, 0.1) is 12.7 Å². The van der Waals surface area contributed by atoms with Crippen molar-refractivity contribution in [3.63, 3.8) is 0 Å². The van der Waals surface area contributed by atoms with Crippen LogP contribution in [0.3, 0.4) is 0 Å². The third-order valence-corrected chi connectivity index (χ3v) is 2.11. The molecule has 0 spiro atoms. The standard InChI is InChI=1S/C12H13FN2O5/c1-7(16)14-15-11(17)6-20-12(18)9-4-3-8(19-2)5-10(9)13/h3-5H,6H2,1-2H3,(H,14,16)(H,15,17). The molecule has 0 saturated carbocycles. The lowest BCUT2D eigenvalue weighted by molar-refractivity contribution is -0.129. The normalized spacial score (nSPS) is 9.55. The molecule has 0 aliphatic heterocycles. The third-order valence-electron chi connectivity index (χ3n) is 2.11. The van der Waals surface area contributed by atoms with Crippen molar-refractivity contribution in [2.24, 2.45) is 0 Å². The maximum atomic E-state index is 13.5. The summed E-state index contributed by atoms with van der Waals surface area (Å²) in [5, 5.41) is 0. The fraction of sp³-hybridized carbons (Fsp3) is 0.250. The van der Waals surface area contributed by atoms with Crippen molar-refractivity contribution < 1.29 is 28.2 Å². The average Bonchev–Trinajstić information content (AvgIpc) is 2.42. The number of carbonyl (C=O) groups excluding carboxylic acids is 3. The van der Waals surface area contributed by atoms with E-state index in [0.717, 1.165) is 6.07 Å². The number of amides is 2. The van der Waals surface area contributed by atoms with Crippen molar-refractivity contribution in [2.45, 2.75) is 6.92 Å². The van der Waals surface area contributed by atoms with E-state index in [1.165, 1.54) is 26.2 Å². The molecule has 0 saturated heterocycles. The molecule has 2 N–H and O–H groups in total. The lowest BCUT2D eigenvalue weighted by Gasteiger charge is -2.07. The predicted molar refractivity (Wildman–Crippen MR) is 65.2 cm³/mol. The van der Waals surface area contributed by atoms with Crippen LogP contribution in [0.5, 0.6) is 5.75 Å². The largest absolute Gasteiger partial charge is 0.497 e. The number of nitrogens with one attached hydrogen (secondary N) is 2. The van der Waals surface area contributed by atoms with Crippen LogP contribution in [-0.4, -0.2) is 31.5 Å². The second-order valence-corrected chi connectivity index (χ2v) is 3.65. The van der Waals surface area contributed by atoms with E-state index < -0.39 is 30.2 Å². The van der Waals surface area contributed by atoms with E-state index in [4.69, 9.17) is 4.74 Å². The molecule has 7 nitrogen and oxygen atoms in total. The first-order chi connectivity index (χ1) is 9.43. The second-order valence-electron chi connectivity index (χ2n) is 3.65. The molecule has 1 rings (SSSR count). The first kappa shape index (κ1) is 15.4. The number of ether oxygens (including phenoxy) is 2. The maximum Gasteiger partial charge on any atom is 0.341 e. The van der Waals surface area contributed by atoms with Crippen molar-refractivity contribution in [2.75, 3.05) is 13.7 Å². The van der Waals surface area contributed by atoms with Crippen molar-refractivity contribution in [1.82, 2.24) is 10.9 Å². The smallest absolute Gasteiger partial charge is 0.341 e. The molecule has 0 radical (unpaired) electrons. The Morgan fingerprint density at radius 3 is 2.50 bits per heavy atom. The molecule has 2 amide bonds. The lowest BCUT2D eigenvalue weighted by Crippen LogP contribution is -2.42. The van der Waals surface area contributed by atoms with E-state index >= 15 is 0 Å². The Bertz CT molecular complexity index is 533. The molecule has 0 aliphatic rings. The van der Waals surface area contributed by atoms with Crippen molar-refractivity contribution in [3.8, 4) is 5.75 Å². The SMILES string of the molecule is COc1ccc(C(=O)OCC(=O)NNC(C)=O)c(F)c1. The van der Waals surface area contributed by atoms with Crippen molar-refractivity contribution >= 4 is 17.8 Å². The highest BCUT2D eigenvalue weighted by Gasteiger charge is 2.15. The van der Waals surface area contributed by atoms with Crippen LogP contribution >= 0.6 is 0 Å². The second kappa shape index (κ2) is 7.07. The number of hydrazine groups is 1. The topological polar surface area (TPSA) is 93.7 Å². The summed E-state index contributed by atoms with van der Waals surface area (Å²) in [4.78, 5) is 33.2. The summed E-state index contributed by atoms with van der Waals surface area (Å²) in [6.45, 7) is 0.545. The average molecular weight is 284 g/mol. The molecule has 8 heteroatoms. The summed E-state index contributed by atoms with van der Waals surface area (Å²) in [7, 11) is 1.36. The van der Waals surface area contributed by atoms with Gasteiger partial charge in [-0.15, -0.1) is 0 Å². The Morgan fingerprint density at radius 2 is 1.95 bits per heavy atom. The van der Waals surface area contributed by atoms with Crippen LogP contribution < -0.4 is 15.6 Å². The van der Waals surface area contributed by atoms with Crippen LogP contribution in [0, 0.1) is 5.82 Å². The lowest BCUT2D eigenvalue weighted by atomic mass is 10.2. The van der Waals surface area contributed by atoms with Gasteiger partial charge in [0.2, 0.25) is 5.91 Å². The quantitative estimate of drug-likeness (QED) is 0.606. The maximum absolute atomic E-state index is 13.5. The molecule has 108 valence electrons. The fourth-order valence-corrected chi connectivity index (χ4v) is 1.19. The summed E-state index contributed by atoms with van der Waals surface area (Å²) < 4.78 is 22.9. The Morgan fingerprint density at radius 1 is 1.25 bits per heavy atom. The number of carbonyl (C=O) groups is 3. The van der Waals surface area contributed by atoms with Gasteiger partial charge in [0.25, 0.3) is 5.91 Å². The van der Waals surface area contributed by atoms with Crippen molar-refractivity contribution in [3.05, 3.63) is 29.6 Å². The number of hydrogen-bond donors (Lipinski definition) is 2. The third kappa shape index (κ3) is 4.56. The van der Waals surface area contributed by atoms with Crippen LogP contribution in [0.2, 0.25) is 0 Å². The zero-order valence-corrected chi connectivity index (χ0v) is 10.9. The molecular formula is C12H13FN2O5. The molecule has 0 heterocycles. The van der Waals surface area contributed by atoms with E-state index in [1.807, 2.05) is 10.9 Å². The molecule has 0 fully saturated rings. The summed E-state index contributed by atoms with van der Waals surface area (Å²) in [6, 6.07) is 3.59. The number of rotatable bonds is 4. The van der Waals surface area contributed by atoms with Gasteiger partial charge in [0.1, 0.15) is 11.6 Å². The van der Waals surface area contributed by atoms with Gasteiger partial charge >= 0.3 is 5.97 Å². The molecule has 0 bridgehead atoms. The van der Waals surface area contributed by atoms with Gasteiger partial charge in [-0.25, -0.2) is 9.18 Å². The molecular weight excluding hydrogens is 271 g/mol. The Hall–Kier alpha value is -2.64. The van der Waals surface area contributed by atoms with Crippen molar-refractivity contribution in [1.29, 1.82) is 0 Å². The van der Waals surface area contributed by atoms with Crippen LogP contribution in [0.4, 0.5) is 4.39 Å². The van der Waals surface area contributed by atoms with Gasteiger partial charge in [-0.2, -0.15) is 0 Å². The van der Waals surface area contributed by atoms with E-state index in [-0.39, 0.29) is 11.3 Å². The Kier molecular flexibility index (Phi) is 5.45. The first-order valence-electron chi connectivity index (χ1n) is 5.50. The molecule has 0 aromatic heterocycles. The summed E-state index contributed by atoms with van der Waals surface area (Å²) in [5.74, 6) is -2.80. The van der Waals surface area contributed by atoms with Gasteiger partial charge in [0.15, 0.2) is 6.61 Å². The van der Waals surface area contributed by atoms with E-state index in [1.54, 1.807) is 0 Å². The van der Waals surface area contributed by atoms with Gasteiger partial charge in [0, 0.05) is 13.0 Å². The molecule has 1 aromatic carbocycles. The first-order valence-corrected chi connectivity index (χ1v) is 5.50. The van der Waals surface area contributed by atoms with Crippen LogP contribution in [0.1, 0.15) is 17.3 Å².